The quantitative estimate of drug-likeness (QED) is 0.707. The van der Waals surface area contributed by atoms with E-state index in [1.54, 1.807) is 18.5 Å². The largest absolute Gasteiger partial charge is 0.383 e. The van der Waals surface area contributed by atoms with Gasteiger partial charge >= 0.3 is 0 Å². The standard InChI is InChI=1S/C15H23N3O/c1-2-8-17-14-11-16-10-7-13(14)15(19)18-9-3-4-12-5-6-12/h7,10-12,17H,2-6,8-9H2,1H3,(H,18,19). The Morgan fingerprint density at radius 2 is 2.26 bits per heavy atom. The smallest absolute Gasteiger partial charge is 0.253 e. The average Bonchev–Trinajstić information content (AvgIpc) is 3.25. The molecule has 19 heavy (non-hydrogen) atoms. The highest BCUT2D eigenvalue weighted by atomic mass is 16.1. The molecule has 1 fully saturated rings. The molecule has 0 radical (unpaired) electrons. The van der Waals surface area contributed by atoms with E-state index in [1.165, 1.54) is 19.3 Å². The first-order chi connectivity index (χ1) is 9.31. The van der Waals surface area contributed by atoms with E-state index < -0.39 is 0 Å². The molecule has 0 bridgehead atoms. The molecule has 1 aromatic heterocycles. The third-order valence-electron chi connectivity index (χ3n) is 3.40. The van der Waals surface area contributed by atoms with Crippen molar-refractivity contribution in [3.05, 3.63) is 24.0 Å². The molecule has 0 atom stereocenters. The number of amides is 1. The summed E-state index contributed by atoms with van der Waals surface area (Å²) in [7, 11) is 0. The minimum atomic E-state index is -0.00296. The van der Waals surface area contributed by atoms with Crippen LogP contribution in [0.2, 0.25) is 0 Å². The number of hydrogen-bond donors (Lipinski definition) is 2. The molecule has 0 aliphatic heterocycles. The Morgan fingerprint density at radius 1 is 1.42 bits per heavy atom. The fourth-order valence-corrected chi connectivity index (χ4v) is 2.09. The summed E-state index contributed by atoms with van der Waals surface area (Å²) < 4.78 is 0. The van der Waals surface area contributed by atoms with Gasteiger partial charge in [-0.2, -0.15) is 0 Å². The number of pyridine rings is 1. The van der Waals surface area contributed by atoms with Crippen molar-refractivity contribution in [1.82, 2.24) is 10.3 Å². The first kappa shape index (κ1) is 13.8. The maximum Gasteiger partial charge on any atom is 0.253 e. The maximum atomic E-state index is 12.1. The first-order valence-electron chi connectivity index (χ1n) is 7.27. The normalized spacial score (nSPS) is 14.2. The number of nitrogens with zero attached hydrogens (tertiary/aromatic N) is 1. The van der Waals surface area contributed by atoms with Crippen LogP contribution in [0.3, 0.4) is 0 Å². The van der Waals surface area contributed by atoms with Gasteiger partial charge in [0.1, 0.15) is 0 Å². The van der Waals surface area contributed by atoms with Gasteiger partial charge in [0.25, 0.3) is 5.91 Å². The SMILES string of the molecule is CCCNc1cnccc1C(=O)NCCCC1CC1. The lowest BCUT2D eigenvalue weighted by molar-refractivity contribution is 0.0953. The van der Waals surface area contributed by atoms with Crippen molar-refractivity contribution in [3.63, 3.8) is 0 Å². The van der Waals surface area contributed by atoms with Gasteiger partial charge < -0.3 is 10.6 Å². The number of anilines is 1. The summed E-state index contributed by atoms with van der Waals surface area (Å²) in [6, 6.07) is 1.77. The molecule has 0 aromatic carbocycles. The molecule has 104 valence electrons. The zero-order valence-corrected chi connectivity index (χ0v) is 11.6. The van der Waals surface area contributed by atoms with E-state index in [9.17, 15) is 4.79 Å². The van der Waals surface area contributed by atoms with Crippen LogP contribution in [0.4, 0.5) is 5.69 Å². The van der Waals surface area contributed by atoms with E-state index in [0.29, 0.717) is 5.56 Å². The average molecular weight is 261 g/mol. The lowest BCUT2D eigenvalue weighted by Gasteiger charge is -2.11. The van der Waals surface area contributed by atoms with Crippen LogP contribution in [0.1, 0.15) is 49.4 Å². The molecule has 1 heterocycles. The van der Waals surface area contributed by atoms with Crippen molar-refractivity contribution in [3.8, 4) is 0 Å². The number of carbonyl (C=O) groups excluding carboxylic acids is 1. The Kier molecular flexibility index (Phi) is 5.19. The van der Waals surface area contributed by atoms with Crippen LogP contribution in [0.25, 0.3) is 0 Å². The summed E-state index contributed by atoms with van der Waals surface area (Å²) in [6.07, 6.45) is 9.49. The minimum absolute atomic E-state index is 0.00296. The summed E-state index contributed by atoms with van der Waals surface area (Å²) >= 11 is 0. The van der Waals surface area contributed by atoms with E-state index in [4.69, 9.17) is 0 Å². The highest BCUT2D eigenvalue weighted by Crippen LogP contribution is 2.33. The molecule has 4 heteroatoms. The monoisotopic (exact) mass is 261 g/mol. The van der Waals surface area contributed by atoms with Gasteiger partial charge in [-0.05, 0) is 31.2 Å². The van der Waals surface area contributed by atoms with Crippen molar-refractivity contribution in [2.75, 3.05) is 18.4 Å². The molecule has 1 aliphatic rings. The van der Waals surface area contributed by atoms with E-state index in [0.717, 1.165) is 37.5 Å². The number of aromatic nitrogens is 1. The van der Waals surface area contributed by atoms with Crippen molar-refractivity contribution < 1.29 is 4.79 Å². The van der Waals surface area contributed by atoms with Crippen molar-refractivity contribution >= 4 is 11.6 Å². The van der Waals surface area contributed by atoms with E-state index in [-0.39, 0.29) is 5.91 Å². The summed E-state index contributed by atoms with van der Waals surface area (Å²) in [6.45, 7) is 3.72. The molecule has 1 amide bonds. The molecular formula is C15H23N3O. The van der Waals surface area contributed by atoms with Crippen LogP contribution in [0.15, 0.2) is 18.5 Å². The second-order valence-electron chi connectivity index (χ2n) is 5.19. The molecule has 0 saturated heterocycles. The van der Waals surface area contributed by atoms with Crippen molar-refractivity contribution in [1.29, 1.82) is 0 Å². The zero-order chi connectivity index (χ0) is 13.5. The van der Waals surface area contributed by atoms with E-state index in [1.807, 2.05) is 0 Å². The van der Waals surface area contributed by atoms with Gasteiger partial charge in [-0.3, -0.25) is 9.78 Å². The molecule has 2 N–H and O–H groups in total. The van der Waals surface area contributed by atoms with Gasteiger partial charge in [-0.1, -0.05) is 19.8 Å². The summed E-state index contributed by atoms with van der Waals surface area (Å²) in [5.41, 5.74) is 1.51. The van der Waals surface area contributed by atoms with Crippen LogP contribution in [0, 0.1) is 5.92 Å². The molecule has 0 unspecified atom stereocenters. The molecule has 4 nitrogen and oxygen atoms in total. The number of hydrogen-bond acceptors (Lipinski definition) is 3. The number of rotatable bonds is 8. The minimum Gasteiger partial charge on any atom is -0.383 e. The summed E-state index contributed by atoms with van der Waals surface area (Å²) in [5.74, 6) is 0.927. The molecule has 2 rings (SSSR count). The second kappa shape index (κ2) is 7.12. The van der Waals surface area contributed by atoms with Crippen molar-refractivity contribution in [2.45, 2.75) is 39.0 Å². The lowest BCUT2D eigenvalue weighted by Crippen LogP contribution is -2.25. The van der Waals surface area contributed by atoms with Crippen LogP contribution >= 0.6 is 0 Å². The van der Waals surface area contributed by atoms with Crippen LogP contribution < -0.4 is 10.6 Å². The van der Waals surface area contributed by atoms with Gasteiger partial charge in [-0.15, -0.1) is 0 Å². The fraction of sp³-hybridized carbons (Fsp3) is 0.600. The molecule has 1 saturated carbocycles. The number of nitrogens with one attached hydrogen (secondary N) is 2. The fourth-order valence-electron chi connectivity index (χ4n) is 2.09. The zero-order valence-electron chi connectivity index (χ0n) is 11.6. The first-order valence-corrected chi connectivity index (χ1v) is 7.27. The predicted molar refractivity (Wildman–Crippen MR) is 77.3 cm³/mol. The maximum absolute atomic E-state index is 12.1. The second-order valence-corrected chi connectivity index (χ2v) is 5.19. The van der Waals surface area contributed by atoms with Crippen LogP contribution in [-0.2, 0) is 0 Å². The third kappa shape index (κ3) is 4.54. The topological polar surface area (TPSA) is 54.0 Å². The Morgan fingerprint density at radius 3 is 3.00 bits per heavy atom. The highest BCUT2D eigenvalue weighted by molar-refractivity contribution is 5.99. The Hall–Kier alpha value is -1.58. The van der Waals surface area contributed by atoms with Gasteiger partial charge in [-0.25, -0.2) is 0 Å². The highest BCUT2D eigenvalue weighted by Gasteiger charge is 2.20. The summed E-state index contributed by atoms with van der Waals surface area (Å²) in [4.78, 5) is 16.2. The molecule has 0 spiro atoms. The molecular weight excluding hydrogens is 238 g/mol. The van der Waals surface area contributed by atoms with E-state index in [2.05, 4.69) is 22.5 Å². The lowest BCUT2D eigenvalue weighted by atomic mass is 10.2. The molecule has 1 aliphatic carbocycles. The van der Waals surface area contributed by atoms with Gasteiger partial charge in [0, 0.05) is 19.3 Å². The van der Waals surface area contributed by atoms with Crippen molar-refractivity contribution in [2.24, 2.45) is 5.92 Å². The van der Waals surface area contributed by atoms with Gasteiger partial charge in [0.05, 0.1) is 17.4 Å². The summed E-state index contributed by atoms with van der Waals surface area (Å²) in [5, 5.41) is 6.23. The third-order valence-corrected chi connectivity index (χ3v) is 3.40. The Labute approximate surface area is 115 Å². The van der Waals surface area contributed by atoms with Crippen LogP contribution in [0.5, 0.6) is 0 Å². The Bertz CT molecular complexity index is 416. The Balaban J connectivity index is 1.82. The van der Waals surface area contributed by atoms with E-state index >= 15 is 0 Å². The van der Waals surface area contributed by atoms with Crippen LogP contribution in [-0.4, -0.2) is 24.0 Å². The predicted octanol–water partition coefficient (Wildman–Crippen LogP) is 2.82. The van der Waals surface area contributed by atoms with Gasteiger partial charge in [0.15, 0.2) is 0 Å². The molecule has 1 aromatic rings. The van der Waals surface area contributed by atoms with Gasteiger partial charge in [0.2, 0.25) is 0 Å². The number of carbonyl (C=O) groups is 1.